The second-order valence-corrected chi connectivity index (χ2v) is 5.11. The zero-order chi connectivity index (χ0) is 12.4. The Morgan fingerprint density at radius 3 is 2.94 bits per heavy atom. The van der Waals surface area contributed by atoms with Crippen LogP contribution in [0.2, 0.25) is 0 Å². The van der Waals surface area contributed by atoms with E-state index < -0.39 is 0 Å². The van der Waals surface area contributed by atoms with Gasteiger partial charge in [0.05, 0.1) is 11.2 Å². The fraction of sp³-hybridized carbons (Fsp3) is 0.400. The van der Waals surface area contributed by atoms with Crippen LogP contribution in [0, 0.1) is 5.92 Å². The number of hydrogen-bond donors (Lipinski definition) is 2. The smallest absolute Gasteiger partial charge is 0.0953 e. The molecule has 1 aromatic heterocycles. The van der Waals surface area contributed by atoms with E-state index in [4.69, 9.17) is 5.73 Å². The van der Waals surface area contributed by atoms with Gasteiger partial charge in [0.15, 0.2) is 0 Å². The van der Waals surface area contributed by atoms with Crippen molar-refractivity contribution < 1.29 is 0 Å². The molecule has 3 N–H and O–H groups in total. The minimum atomic E-state index is 0.794. The average molecular weight is 241 g/mol. The Kier molecular flexibility index (Phi) is 3.05. The molecule has 0 spiro atoms. The van der Waals surface area contributed by atoms with Gasteiger partial charge in [0, 0.05) is 23.8 Å². The van der Waals surface area contributed by atoms with Gasteiger partial charge in [-0.2, -0.15) is 0 Å². The van der Waals surface area contributed by atoms with E-state index in [0.717, 1.165) is 34.7 Å². The summed E-state index contributed by atoms with van der Waals surface area (Å²) < 4.78 is 0. The Bertz CT molecular complexity index is 546. The van der Waals surface area contributed by atoms with Crippen molar-refractivity contribution in [2.75, 3.05) is 17.6 Å². The molecule has 0 amide bonds. The number of anilines is 2. The van der Waals surface area contributed by atoms with Gasteiger partial charge in [-0.1, -0.05) is 19.3 Å². The normalized spacial score (nSPS) is 15.6. The lowest BCUT2D eigenvalue weighted by molar-refractivity contribution is 0.303. The number of aromatic nitrogens is 1. The highest BCUT2D eigenvalue weighted by molar-refractivity contribution is 5.98. The molecule has 18 heavy (non-hydrogen) atoms. The molecule has 3 nitrogen and oxygen atoms in total. The van der Waals surface area contributed by atoms with Crippen LogP contribution in [0.3, 0.4) is 0 Å². The first kappa shape index (κ1) is 11.3. The molecule has 1 aromatic carbocycles. The lowest BCUT2D eigenvalue weighted by atomic mass is 9.83. The summed E-state index contributed by atoms with van der Waals surface area (Å²) in [5.41, 5.74) is 8.83. The summed E-state index contributed by atoms with van der Waals surface area (Å²) >= 11 is 0. The molecule has 2 aromatic rings. The second-order valence-electron chi connectivity index (χ2n) is 5.11. The SMILES string of the molecule is Nc1ccc(NCCC2CCC2)c2ncccc12. The van der Waals surface area contributed by atoms with Crippen molar-refractivity contribution in [1.29, 1.82) is 0 Å². The number of nitrogens with one attached hydrogen (secondary N) is 1. The van der Waals surface area contributed by atoms with E-state index in [9.17, 15) is 0 Å². The fourth-order valence-corrected chi connectivity index (χ4v) is 2.53. The molecular formula is C15H19N3. The Morgan fingerprint density at radius 1 is 1.28 bits per heavy atom. The number of nitrogens with zero attached hydrogens (tertiary/aromatic N) is 1. The first-order valence-electron chi connectivity index (χ1n) is 6.71. The molecule has 1 fully saturated rings. The van der Waals surface area contributed by atoms with E-state index in [-0.39, 0.29) is 0 Å². The quantitative estimate of drug-likeness (QED) is 0.806. The topological polar surface area (TPSA) is 50.9 Å². The van der Waals surface area contributed by atoms with Crippen LogP contribution in [0.25, 0.3) is 10.9 Å². The van der Waals surface area contributed by atoms with Crippen LogP contribution < -0.4 is 11.1 Å². The molecule has 94 valence electrons. The molecular weight excluding hydrogens is 222 g/mol. The molecule has 1 aliphatic carbocycles. The Balaban J connectivity index is 1.76. The Labute approximate surface area is 107 Å². The summed E-state index contributed by atoms with van der Waals surface area (Å²) in [5.74, 6) is 0.936. The standard InChI is InChI=1S/C15H19N3/c16-13-6-7-14(15-12(13)5-2-9-18-15)17-10-8-11-3-1-4-11/h2,5-7,9,11,17H,1,3-4,8,10,16H2. The van der Waals surface area contributed by atoms with E-state index in [2.05, 4.69) is 10.3 Å². The zero-order valence-corrected chi connectivity index (χ0v) is 10.5. The first-order valence-corrected chi connectivity index (χ1v) is 6.71. The van der Waals surface area contributed by atoms with Gasteiger partial charge in [0.1, 0.15) is 0 Å². The summed E-state index contributed by atoms with van der Waals surface area (Å²) in [6.45, 7) is 1.03. The minimum absolute atomic E-state index is 0.794. The number of nitrogens with two attached hydrogens (primary N) is 1. The van der Waals surface area contributed by atoms with Crippen molar-refractivity contribution in [2.45, 2.75) is 25.7 Å². The third kappa shape index (κ3) is 2.13. The third-order valence-electron chi connectivity index (χ3n) is 3.90. The number of pyridine rings is 1. The van der Waals surface area contributed by atoms with E-state index in [1.807, 2.05) is 30.5 Å². The van der Waals surface area contributed by atoms with E-state index in [0.29, 0.717) is 0 Å². The van der Waals surface area contributed by atoms with Crippen LogP contribution in [0.1, 0.15) is 25.7 Å². The summed E-state index contributed by atoms with van der Waals surface area (Å²) in [6, 6.07) is 7.94. The van der Waals surface area contributed by atoms with Crippen LogP contribution in [0.4, 0.5) is 11.4 Å². The summed E-state index contributed by atoms with van der Waals surface area (Å²) in [6.07, 6.45) is 7.31. The molecule has 3 heteroatoms. The molecule has 1 aliphatic rings. The van der Waals surface area contributed by atoms with E-state index in [1.54, 1.807) is 0 Å². The summed E-state index contributed by atoms with van der Waals surface area (Å²) in [5, 5.41) is 4.53. The second kappa shape index (κ2) is 4.84. The molecule has 0 atom stereocenters. The van der Waals surface area contributed by atoms with Gasteiger partial charge < -0.3 is 11.1 Å². The molecule has 0 radical (unpaired) electrons. The van der Waals surface area contributed by atoms with Crippen LogP contribution in [0.5, 0.6) is 0 Å². The highest BCUT2D eigenvalue weighted by atomic mass is 14.9. The number of benzene rings is 1. The maximum absolute atomic E-state index is 5.96. The summed E-state index contributed by atoms with van der Waals surface area (Å²) in [4.78, 5) is 4.43. The van der Waals surface area contributed by atoms with Gasteiger partial charge in [-0.25, -0.2) is 0 Å². The molecule has 1 heterocycles. The Morgan fingerprint density at radius 2 is 2.17 bits per heavy atom. The van der Waals surface area contributed by atoms with Crippen LogP contribution in [-0.2, 0) is 0 Å². The van der Waals surface area contributed by atoms with Crippen molar-refractivity contribution in [3.8, 4) is 0 Å². The van der Waals surface area contributed by atoms with Gasteiger partial charge in [-0.3, -0.25) is 4.98 Å². The van der Waals surface area contributed by atoms with E-state index in [1.165, 1.54) is 25.7 Å². The number of rotatable bonds is 4. The molecule has 0 unspecified atom stereocenters. The fourth-order valence-electron chi connectivity index (χ4n) is 2.53. The average Bonchev–Trinajstić information content (AvgIpc) is 2.35. The predicted molar refractivity (Wildman–Crippen MR) is 76.6 cm³/mol. The maximum Gasteiger partial charge on any atom is 0.0953 e. The Hall–Kier alpha value is -1.77. The van der Waals surface area contributed by atoms with E-state index >= 15 is 0 Å². The van der Waals surface area contributed by atoms with Crippen molar-refractivity contribution in [2.24, 2.45) is 5.92 Å². The van der Waals surface area contributed by atoms with Gasteiger partial charge in [-0.15, -0.1) is 0 Å². The number of hydrogen-bond acceptors (Lipinski definition) is 3. The van der Waals surface area contributed by atoms with Crippen LogP contribution in [-0.4, -0.2) is 11.5 Å². The summed E-state index contributed by atoms with van der Waals surface area (Å²) in [7, 11) is 0. The lowest BCUT2D eigenvalue weighted by Crippen LogP contribution is -2.15. The highest BCUT2D eigenvalue weighted by Crippen LogP contribution is 2.30. The van der Waals surface area contributed by atoms with Crippen LogP contribution >= 0.6 is 0 Å². The van der Waals surface area contributed by atoms with Gasteiger partial charge >= 0.3 is 0 Å². The van der Waals surface area contributed by atoms with Crippen molar-refractivity contribution in [3.63, 3.8) is 0 Å². The van der Waals surface area contributed by atoms with Crippen LogP contribution in [0.15, 0.2) is 30.5 Å². The molecule has 0 saturated heterocycles. The van der Waals surface area contributed by atoms with Crippen molar-refractivity contribution in [1.82, 2.24) is 4.98 Å². The van der Waals surface area contributed by atoms with Gasteiger partial charge in [0.2, 0.25) is 0 Å². The lowest BCUT2D eigenvalue weighted by Gasteiger charge is -2.25. The molecule has 1 saturated carbocycles. The van der Waals surface area contributed by atoms with Gasteiger partial charge in [0.25, 0.3) is 0 Å². The minimum Gasteiger partial charge on any atom is -0.398 e. The maximum atomic E-state index is 5.96. The molecule has 0 bridgehead atoms. The third-order valence-corrected chi connectivity index (χ3v) is 3.90. The zero-order valence-electron chi connectivity index (χ0n) is 10.5. The monoisotopic (exact) mass is 241 g/mol. The van der Waals surface area contributed by atoms with Crippen molar-refractivity contribution in [3.05, 3.63) is 30.5 Å². The predicted octanol–water partition coefficient (Wildman–Crippen LogP) is 3.42. The number of nitrogen functional groups attached to an aromatic ring is 1. The van der Waals surface area contributed by atoms with Gasteiger partial charge in [-0.05, 0) is 36.6 Å². The van der Waals surface area contributed by atoms with Crippen molar-refractivity contribution >= 4 is 22.3 Å². The largest absolute Gasteiger partial charge is 0.398 e. The first-order chi connectivity index (χ1) is 8.84. The number of fused-ring (bicyclic) bond motifs is 1. The highest BCUT2D eigenvalue weighted by Gasteiger charge is 2.16. The molecule has 0 aliphatic heterocycles. The molecule has 3 rings (SSSR count).